The number of hydrogen-bond acceptors (Lipinski definition) is 4. The smallest absolute Gasteiger partial charge is 0.248 e. The number of hydrogen-bond donors (Lipinski definition) is 3. The number of rotatable bonds is 6. The van der Waals surface area contributed by atoms with Crippen LogP contribution in [0.5, 0.6) is 0 Å². The molecule has 2 rings (SSSR count). The summed E-state index contributed by atoms with van der Waals surface area (Å²) in [6, 6.07) is 9.69. The summed E-state index contributed by atoms with van der Waals surface area (Å²) < 4.78 is 0. The number of benzene rings is 1. The Kier molecular flexibility index (Phi) is 5.48. The minimum atomic E-state index is -0.522. The Balaban J connectivity index is 2.01. The lowest BCUT2D eigenvalue weighted by Crippen LogP contribution is -2.29. The number of nitrogens with two attached hydrogens (primary N) is 1. The highest BCUT2D eigenvalue weighted by molar-refractivity contribution is 7.10. The van der Waals surface area contributed by atoms with E-state index in [1.165, 1.54) is 18.3 Å². The van der Waals surface area contributed by atoms with Gasteiger partial charge in [-0.25, -0.2) is 0 Å². The van der Waals surface area contributed by atoms with Gasteiger partial charge in [0.15, 0.2) is 0 Å². The maximum absolute atomic E-state index is 12.2. The van der Waals surface area contributed by atoms with Crippen LogP contribution in [-0.4, -0.2) is 17.7 Å². The minimum Gasteiger partial charge on any atom is -0.366 e. The largest absolute Gasteiger partial charge is 0.366 e. The van der Waals surface area contributed by atoms with Crippen molar-refractivity contribution in [2.75, 3.05) is 5.32 Å². The fourth-order valence-corrected chi connectivity index (χ4v) is 2.85. The summed E-state index contributed by atoms with van der Waals surface area (Å²) in [6.45, 7) is 1.42. The van der Waals surface area contributed by atoms with Crippen molar-refractivity contribution in [3.63, 3.8) is 0 Å². The molecule has 120 valence electrons. The number of anilines is 1. The molecule has 0 fully saturated rings. The molecule has 0 aliphatic rings. The lowest BCUT2D eigenvalue weighted by atomic mass is 10.1. The SMILES string of the molecule is CC(=O)NC(CC(=O)Nc1ccc(C(N)=O)cc1)c1cccs1. The van der Waals surface area contributed by atoms with Crippen LogP contribution in [-0.2, 0) is 9.59 Å². The summed E-state index contributed by atoms with van der Waals surface area (Å²) in [7, 11) is 0. The molecule has 0 spiro atoms. The van der Waals surface area contributed by atoms with E-state index in [4.69, 9.17) is 5.73 Å². The molecule has 1 aromatic heterocycles. The van der Waals surface area contributed by atoms with Crippen LogP contribution in [0.3, 0.4) is 0 Å². The Bertz CT molecular complexity index is 696. The molecule has 1 heterocycles. The van der Waals surface area contributed by atoms with Crippen molar-refractivity contribution >= 4 is 34.7 Å². The maximum atomic E-state index is 12.2. The number of primary amides is 1. The maximum Gasteiger partial charge on any atom is 0.248 e. The molecule has 0 aliphatic heterocycles. The molecular formula is C16H17N3O3S. The molecule has 1 aromatic carbocycles. The standard InChI is InChI=1S/C16H17N3O3S/c1-10(20)18-13(14-3-2-8-23-14)9-15(21)19-12-6-4-11(5-7-12)16(17)22/h2-8,13H,9H2,1H3,(H2,17,22)(H,18,20)(H,19,21). The summed E-state index contributed by atoms with van der Waals surface area (Å²) in [5.41, 5.74) is 6.10. The summed E-state index contributed by atoms with van der Waals surface area (Å²) in [5, 5.41) is 7.40. The zero-order valence-corrected chi connectivity index (χ0v) is 13.4. The van der Waals surface area contributed by atoms with Gasteiger partial charge in [-0.05, 0) is 35.7 Å². The predicted octanol–water partition coefficient (Wildman–Crippen LogP) is 2.05. The zero-order chi connectivity index (χ0) is 16.8. The van der Waals surface area contributed by atoms with Crippen LogP contribution in [0, 0.1) is 0 Å². The van der Waals surface area contributed by atoms with Gasteiger partial charge in [0.25, 0.3) is 0 Å². The molecule has 6 nitrogen and oxygen atoms in total. The lowest BCUT2D eigenvalue weighted by Gasteiger charge is -2.16. The van der Waals surface area contributed by atoms with Gasteiger partial charge < -0.3 is 16.4 Å². The van der Waals surface area contributed by atoms with E-state index < -0.39 is 5.91 Å². The van der Waals surface area contributed by atoms with Crippen molar-refractivity contribution in [1.29, 1.82) is 0 Å². The molecule has 0 saturated heterocycles. The number of thiophene rings is 1. The van der Waals surface area contributed by atoms with Crippen LogP contribution in [0.4, 0.5) is 5.69 Å². The molecule has 23 heavy (non-hydrogen) atoms. The Morgan fingerprint density at radius 2 is 1.87 bits per heavy atom. The summed E-state index contributed by atoms with van der Waals surface area (Å²) in [6.07, 6.45) is 0.123. The fourth-order valence-electron chi connectivity index (χ4n) is 2.07. The number of nitrogens with one attached hydrogen (secondary N) is 2. The van der Waals surface area contributed by atoms with Crippen LogP contribution in [0.2, 0.25) is 0 Å². The van der Waals surface area contributed by atoms with E-state index in [1.54, 1.807) is 24.3 Å². The average Bonchev–Trinajstić information content (AvgIpc) is 3.00. The third kappa shape index (κ3) is 4.93. The van der Waals surface area contributed by atoms with Gasteiger partial charge in [-0.15, -0.1) is 11.3 Å². The highest BCUT2D eigenvalue weighted by Crippen LogP contribution is 2.22. The van der Waals surface area contributed by atoms with Crippen molar-refractivity contribution in [3.8, 4) is 0 Å². The van der Waals surface area contributed by atoms with Gasteiger partial charge >= 0.3 is 0 Å². The van der Waals surface area contributed by atoms with Crippen molar-refractivity contribution in [2.24, 2.45) is 5.73 Å². The van der Waals surface area contributed by atoms with Crippen LogP contribution in [0.15, 0.2) is 41.8 Å². The Hall–Kier alpha value is -2.67. The molecule has 0 radical (unpaired) electrons. The van der Waals surface area contributed by atoms with Gasteiger partial charge in [0, 0.05) is 23.1 Å². The van der Waals surface area contributed by atoms with Gasteiger partial charge in [-0.2, -0.15) is 0 Å². The van der Waals surface area contributed by atoms with Crippen molar-refractivity contribution in [1.82, 2.24) is 5.32 Å². The van der Waals surface area contributed by atoms with Crippen LogP contribution in [0.1, 0.15) is 34.6 Å². The van der Waals surface area contributed by atoms with E-state index in [0.29, 0.717) is 11.3 Å². The Labute approximate surface area is 137 Å². The first-order chi connectivity index (χ1) is 11.0. The molecule has 0 bridgehead atoms. The Morgan fingerprint density at radius 1 is 1.17 bits per heavy atom. The topological polar surface area (TPSA) is 101 Å². The first kappa shape index (κ1) is 16.7. The molecular weight excluding hydrogens is 314 g/mol. The van der Waals surface area contributed by atoms with Crippen molar-refractivity contribution in [3.05, 3.63) is 52.2 Å². The van der Waals surface area contributed by atoms with E-state index in [1.807, 2.05) is 17.5 Å². The zero-order valence-electron chi connectivity index (χ0n) is 12.5. The van der Waals surface area contributed by atoms with Gasteiger partial charge in [-0.3, -0.25) is 14.4 Å². The average molecular weight is 331 g/mol. The highest BCUT2D eigenvalue weighted by Gasteiger charge is 2.18. The molecule has 3 amide bonds. The molecule has 1 atom stereocenters. The van der Waals surface area contributed by atoms with E-state index in [-0.39, 0.29) is 24.3 Å². The lowest BCUT2D eigenvalue weighted by molar-refractivity contribution is -0.120. The fraction of sp³-hybridized carbons (Fsp3) is 0.188. The van der Waals surface area contributed by atoms with Gasteiger partial charge in [0.1, 0.15) is 0 Å². The van der Waals surface area contributed by atoms with Crippen LogP contribution in [0.25, 0.3) is 0 Å². The third-order valence-electron chi connectivity index (χ3n) is 3.11. The van der Waals surface area contributed by atoms with Crippen molar-refractivity contribution in [2.45, 2.75) is 19.4 Å². The first-order valence-electron chi connectivity index (χ1n) is 6.96. The van der Waals surface area contributed by atoms with E-state index >= 15 is 0 Å². The number of carbonyl (C=O) groups excluding carboxylic acids is 3. The second kappa shape index (κ2) is 7.55. The normalized spacial score (nSPS) is 11.5. The third-order valence-corrected chi connectivity index (χ3v) is 4.09. The molecule has 1 unspecified atom stereocenters. The molecule has 4 N–H and O–H groups in total. The predicted molar refractivity (Wildman–Crippen MR) is 89.1 cm³/mol. The van der Waals surface area contributed by atoms with Crippen LogP contribution >= 0.6 is 11.3 Å². The van der Waals surface area contributed by atoms with Gasteiger partial charge in [0.05, 0.1) is 12.5 Å². The summed E-state index contributed by atoms with van der Waals surface area (Å²) in [4.78, 5) is 35.4. The van der Waals surface area contributed by atoms with Gasteiger partial charge in [0.2, 0.25) is 17.7 Å². The quantitative estimate of drug-likeness (QED) is 0.755. The molecule has 0 aliphatic carbocycles. The molecule has 7 heteroatoms. The molecule has 2 aromatic rings. The first-order valence-corrected chi connectivity index (χ1v) is 7.84. The molecule has 0 saturated carbocycles. The van der Waals surface area contributed by atoms with Crippen molar-refractivity contribution < 1.29 is 14.4 Å². The summed E-state index contributed by atoms with van der Waals surface area (Å²) >= 11 is 1.48. The second-order valence-electron chi connectivity index (χ2n) is 4.96. The minimum absolute atomic E-state index is 0.123. The second-order valence-corrected chi connectivity index (χ2v) is 5.94. The van der Waals surface area contributed by atoms with E-state index in [0.717, 1.165) is 4.88 Å². The number of amides is 3. The summed E-state index contributed by atoms with van der Waals surface area (Å²) in [5.74, 6) is -0.947. The van der Waals surface area contributed by atoms with E-state index in [2.05, 4.69) is 10.6 Å². The highest BCUT2D eigenvalue weighted by atomic mass is 32.1. The monoisotopic (exact) mass is 331 g/mol. The van der Waals surface area contributed by atoms with Gasteiger partial charge in [-0.1, -0.05) is 6.07 Å². The van der Waals surface area contributed by atoms with Crippen LogP contribution < -0.4 is 16.4 Å². The van der Waals surface area contributed by atoms with E-state index in [9.17, 15) is 14.4 Å². The number of carbonyl (C=O) groups is 3. The Morgan fingerprint density at radius 3 is 2.39 bits per heavy atom.